The summed E-state index contributed by atoms with van der Waals surface area (Å²) in [5.74, 6) is 0.403. The molecule has 6 heteroatoms. The van der Waals surface area contributed by atoms with Gasteiger partial charge in [0.15, 0.2) is 0 Å². The lowest BCUT2D eigenvalue weighted by molar-refractivity contribution is -0.0291. The van der Waals surface area contributed by atoms with Crippen molar-refractivity contribution in [2.75, 3.05) is 32.8 Å². The smallest absolute Gasteiger partial charge is 0.123 e. The van der Waals surface area contributed by atoms with Crippen LogP contribution in [0.4, 0.5) is 4.39 Å². The van der Waals surface area contributed by atoms with E-state index in [0.717, 1.165) is 37.4 Å². The summed E-state index contributed by atoms with van der Waals surface area (Å²) in [5.41, 5.74) is 4.60. The number of aromatic nitrogens is 2. The molecule has 0 aliphatic carbocycles. The number of hydrogen-bond donors (Lipinski definition) is 0. The number of halogens is 1. The van der Waals surface area contributed by atoms with E-state index in [2.05, 4.69) is 48.2 Å². The normalized spacial score (nSPS) is 17.5. The molecule has 4 rings (SSSR count). The Bertz CT molecular complexity index is 1030. The Morgan fingerprint density at radius 2 is 1.97 bits per heavy atom. The fourth-order valence-corrected chi connectivity index (χ4v) is 3.98. The third-order valence-electron chi connectivity index (χ3n) is 5.60. The molecule has 0 radical (unpaired) electrons. The Morgan fingerprint density at radius 1 is 1.19 bits per heavy atom. The van der Waals surface area contributed by atoms with Crippen molar-refractivity contribution in [2.24, 2.45) is 7.05 Å². The van der Waals surface area contributed by atoms with Gasteiger partial charge in [-0.05, 0) is 42.8 Å². The lowest BCUT2D eigenvalue weighted by Gasteiger charge is -2.32. The fraction of sp³-hybridized carbons (Fsp3) is 0.346. The molecular weight excluding hydrogens is 405 g/mol. The van der Waals surface area contributed by atoms with E-state index in [9.17, 15) is 4.39 Å². The molecule has 3 aromatic rings. The third kappa shape index (κ3) is 6.05. The van der Waals surface area contributed by atoms with Gasteiger partial charge in [0.25, 0.3) is 0 Å². The first-order valence-electron chi connectivity index (χ1n) is 11.0. The molecule has 1 aliphatic heterocycles. The molecule has 0 unspecified atom stereocenters. The molecule has 1 aromatic heterocycles. The van der Waals surface area contributed by atoms with Gasteiger partial charge in [0, 0.05) is 38.8 Å². The average Bonchev–Trinajstić information content (AvgIpc) is 3.16. The summed E-state index contributed by atoms with van der Waals surface area (Å²) in [6.45, 7) is 6.04. The van der Waals surface area contributed by atoms with Crippen LogP contribution in [0.5, 0.6) is 5.75 Å². The standard InChI is InChI=1S/C26H30FN3O2/c1-20(16-21-6-4-3-5-7-21)18-30-13-15-32-26(19-30)25-17-23(29(2)28-25)12-14-31-24-10-8-22(27)9-11-24/h3-11,16-17,26H,12-15,18-19H2,1-2H3/b20-16+/t26-/m1/s1. The molecule has 2 aromatic carbocycles. The van der Waals surface area contributed by atoms with E-state index in [1.807, 2.05) is 17.8 Å². The van der Waals surface area contributed by atoms with E-state index in [0.29, 0.717) is 19.0 Å². The highest BCUT2D eigenvalue weighted by molar-refractivity contribution is 5.52. The van der Waals surface area contributed by atoms with Crippen LogP contribution < -0.4 is 4.74 Å². The van der Waals surface area contributed by atoms with Crippen LogP contribution in [0.25, 0.3) is 6.08 Å². The van der Waals surface area contributed by atoms with Crippen molar-refractivity contribution in [3.63, 3.8) is 0 Å². The van der Waals surface area contributed by atoms with Gasteiger partial charge >= 0.3 is 0 Å². The fourth-order valence-electron chi connectivity index (χ4n) is 3.98. The second kappa shape index (κ2) is 10.6. The van der Waals surface area contributed by atoms with E-state index >= 15 is 0 Å². The molecule has 168 valence electrons. The summed E-state index contributed by atoms with van der Waals surface area (Å²) in [5, 5.41) is 4.70. The first kappa shape index (κ1) is 22.2. The number of morpholine rings is 1. The topological polar surface area (TPSA) is 39.5 Å². The van der Waals surface area contributed by atoms with Gasteiger partial charge in [-0.25, -0.2) is 4.39 Å². The molecule has 0 amide bonds. The highest BCUT2D eigenvalue weighted by Gasteiger charge is 2.24. The number of aryl methyl sites for hydroxylation is 1. The molecule has 0 saturated carbocycles. The number of rotatable bonds is 8. The molecular formula is C26H30FN3O2. The summed E-state index contributed by atoms with van der Waals surface area (Å²) < 4.78 is 26.7. The van der Waals surface area contributed by atoms with E-state index in [4.69, 9.17) is 14.6 Å². The number of hydrogen-bond acceptors (Lipinski definition) is 4. The molecule has 0 N–H and O–H groups in total. The van der Waals surface area contributed by atoms with Gasteiger partial charge in [0.1, 0.15) is 17.7 Å². The molecule has 5 nitrogen and oxygen atoms in total. The number of ether oxygens (including phenoxy) is 2. The zero-order valence-corrected chi connectivity index (χ0v) is 18.7. The maximum atomic E-state index is 13.0. The molecule has 1 aliphatic rings. The molecule has 2 heterocycles. The van der Waals surface area contributed by atoms with Gasteiger partial charge in [0.05, 0.1) is 18.9 Å². The quantitative estimate of drug-likeness (QED) is 0.516. The SMILES string of the molecule is C/C(=C\c1ccccc1)CN1CCO[C@@H](c2cc(CCOc3ccc(F)cc3)n(C)n2)C1. The van der Waals surface area contributed by atoms with Gasteiger partial charge in [-0.1, -0.05) is 42.0 Å². The first-order valence-corrected chi connectivity index (χ1v) is 11.0. The Labute approximate surface area is 189 Å². The van der Waals surface area contributed by atoms with E-state index in [1.54, 1.807) is 12.1 Å². The van der Waals surface area contributed by atoms with Crippen molar-refractivity contribution in [1.82, 2.24) is 14.7 Å². The van der Waals surface area contributed by atoms with Crippen LogP contribution in [0.2, 0.25) is 0 Å². The molecule has 0 spiro atoms. The van der Waals surface area contributed by atoms with Crippen molar-refractivity contribution >= 4 is 6.08 Å². The van der Waals surface area contributed by atoms with Crippen LogP contribution in [0.3, 0.4) is 0 Å². The maximum Gasteiger partial charge on any atom is 0.123 e. The van der Waals surface area contributed by atoms with Crippen molar-refractivity contribution in [3.8, 4) is 5.75 Å². The van der Waals surface area contributed by atoms with Crippen LogP contribution in [0.1, 0.15) is 30.0 Å². The highest BCUT2D eigenvalue weighted by atomic mass is 19.1. The molecule has 1 atom stereocenters. The molecule has 32 heavy (non-hydrogen) atoms. The van der Waals surface area contributed by atoms with Gasteiger partial charge in [-0.15, -0.1) is 0 Å². The Hall–Kier alpha value is -2.96. The van der Waals surface area contributed by atoms with E-state index in [-0.39, 0.29) is 11.9 Å². The lowest BCUT2D eigenvalue weighted by Crippen LogP contribution is -2.39. The summed E-state index contributed by atoms with van der Waals surface area (Å²) in [6, 6.07) is 18.6. The highest BCUT2D eigenvalue weighted by Crippen LogP contribution is 2.23. The van der Waals surface area contributed by atoms with Crippen molar-refractivity contribution in [3.05, 3.63) is 89.0 Å². The average molecular weight is 436 g/mol. The second-order valence-electron chi connectivity index (χ2n) is 8.23. The van der Waals surface area contributed by atoms with E-state index < -0.39 is 0 Å². The minimum absolute atomic E-state index is 0.0359. The van der Waals surface area contributed by atoms with Gasteiger partial charge in [-0.3, -0.25) is 9.58 Å². The molecule has 0 bridgehead atoms. The summed E-state index contributed by atoms with van der Waals surface area (Å²) in [7, 11) is 1.95. The first-order chi connectivity index (χ1) is 15.6. The summed E-state index contributed by atoms with van der Waals surface area (Å²) in [6.07, 6.45) is 2.92. The van der Waals surface area contributed by atoms with Crippen LogP contribution in [0, 0.1) is 5.82 Å². The predicted molar refractivity (Wildman–Crippen MR) is 124 cm³/mol. The maximum absolute atomic E-state index is 13.0. The molecule has 1 saturated heterocycles. The van der Waals surface area contributed by atoms with Crippen LogP contribution in [-0.4, -0.2) is 47.5 Å². The van der Waals surface area contributed by atoms with Gasteiger partial charge in [-0.2, -0.15) is 5.10 Å². The summed E-state index contributed by atoms with van der Waals surface area (Å²) in [4.78, 5) is 2.43. The monoisotopic (exact) mass is 435 g/mol. The minimum atomic E-state index is -0.263. The van der Waals surface area contributed by atoms with Gasteiger partial charge < -0.3 is 9.47 Å². The van der Waals surface area contributed by atoms with Crippen LogP contribution in [0.15, 0.2) is 66.2 Å². The zero-order chi connectivity index (χ0) is 22.3. The Morgan fingerprint density at radius 3 is 2.75 bits per heavy atom. The van der Waals surface area contributed by atoms with Crippen molar-refractivity contribution in [1.29, 1.82) is 0 Å². The third-order valence-corrected chi connectivity index (χ3v) is 5.60. The van der Waals surface area contributed by atoms with Crippen molar-refractivity contribution in [2.45, 2.75) is 19.4 Å². The Balaban J connectivity index is 1.32. The zero-order valence-electron chi connectivity index (χ0n) is 18.7. The van der Waals surface area contributed by atoms with Crippen LogP contribution in [-0.2, 0) is 18.2 Å². The summed E-state index contributed by atoms with van der Waals surface area (Å²) >= 11 is 0. The van der Waals surface area contributed by atoms with Crippen molar-refractivity contribution < 1.29 is 13.9 Å². The number of nitrogens with zero attached hydrogens (tertiary/aromatic N) is 3. The Kier molecular flexibility index (Phi) is 7.35. The molecule has 1 fully saturated rings. The predicted octanol–water partition coefficient (Wildman–Crippen LogP) is 4.66. The van der Waals surface area contributed by atoms with E-state index in [1.165, 1.54) is 23.3 Å². The number of benzene rings is 2. The largest absolute Gasteiger partial charge is 0.493 e. The lowest BCUT2D eigenvalue weighted by atomic mass is 10.1. The van der Waals surface area contributed by atoms with Gasteiger partial charge in [0.2, 0.25) is 0 Å². The minimum Gasteiger partial charge on any atom is -0.493 e. The van der Waals surface area contributed by atoms with Crippen LogP contribution >= 0.6 is 0 Å². The second-order valence-corrected chi connectivity index (χ2v) is 8.23.